The van der Waals surface area contributed by atoms with E-state index in [1.54, 1.807) is 18.2 Å². The molecule has 106 valence electrons. The van der Waals surface area contributed by atoms with Gasteiger partial charge in [-0.05, 0) is 23.7 Å². The highest BCUT2D eigenvalue weighted by molar-refractivity contribution is 6.67. The third-order valence-corrected chi connectivity index (χ3v) is 2.73. The Hall–Kier alpha value is -0.680. The molecule has 0 spiro atoms. The zero-order chi connectivity index (χ0) is 14.8. The first kappa shape index (κ1) is 18.3. The molecule has 1 N–H and O–H groups in total. The molecule has 0 aliphatic heterocycles. The number of halogens is 4. The van der Waals surface area contributed by atoms with Gasteiger partial charge < -0.3 is 10.1 Å². The summed E-state index contributed by atoms with van der Waals surface area (Å²) >= 11 is 20.7. The van der Waals surface area contributed by atoms with Crippen molar-refractivity contribution in [1.29, 1.82) is 0 Å². The molecular weight excluding hydrogens is 336 g/mol. The minimum atomic E-state index is -0.508. The number of hydrogen-bond donors (Lipinski definition) is 1. The van der Waals surface area contributed by atoms with Gasteiger partial charge in [-0.15, -0.1) is 23.2 Å². The Balaban J connectivity index is 0.000000555. The molecule has 0 fully saturated rings. The summed E-state index contributed by atoms with van der Waals surface area (Å²) in [4.78, 5) is 20.4. The fourth-order valence-corrected chi connectivity index (χ4v) is 1.19. The number of alkyl halides is 2. The predicted molar refractivity (Wildman–Crippen MR) is 78.9 cm³/mol. The second kappa shape index (κ2) is 10.1. The number of ether oxygens (including phenoxy) is 1. The molecule has 0 aromatic heterocycles. The number of anilines is 1. The summed E-state index contributed by atoms with van der Waals surface area (Å²) in [6, 6.07) is 4.95. The van der Waals surface area contributed by atoms with Crippen LogP contribution in [0, 0.1) is 0 Å². The smallest absolute Gasteiger partial charge is 0.239 e. The lowest BCUT2D eigenvalue weighted by Gasteiger charge is -2.06. The molecule has 0 radical (unpaired) electrons. The molecular formula is C11H11Cl4NO3. The van der Waals surface area contributed by atoms with Crippen LogP contribution in [0.5, 0.6) is 5.75 Å². The van der Waals surface area contributed by atoms with Gasteiger partial charge in [0.15, 0.2) is 0 Å². The van der Waals surface area contributed by atoms with Crippen LogP contribution in [0.3, 0.4) is 0 Å². The average Bonchev–Trinajstić information content (AvgIpc) is 2.41. The van der Waals surface area contributed by atoms with E-state index < -0.39 is 5.24 Å². The average molecular weight is 347 g/mol. The van der Waals surface area contributed by atoms with Crippen molar-refractivity contribution in [1.82, 2.24) is 0 Å². The minimum absolute atomic E-state index is 0.0784. The molecule has 0 unspecified atom stereocenters. The van der Waals surface area contributed by atoms with E-state index >= 15 is 0 Å². The van der Waals surface area contributed by atoms with Crippen LogP contribution in [0.15, 0.2) is 18.2 Å². The van der Waals surface area contributed by atoms with E-state index in [0.29, 0.717) is 16.5 Å². The lowest BCUT2D eigenvalue weighted by molar-refractivity contribution is -0.114. The molecule has 0 aliphatic carbocycles. The van der Waals surface area contributed by atoms with E-state index in [2.05, 4.69) is 5.32 Å². The zero-order valence-electron chi connectivity index (χ0n) is 9.88. The van der Waals surface area contributed by atoms with Crippen LogP contribution in [0.4, 0.5) is 5.69 Å². The normalized spacial score (nSPS) is 9.11. The monoisotopic (exact) mass is 345 g/mol. The van der Waals surface area contributed by atoms with Gasteiger partial charge in [-0.3, -0.25) is 9.59 Å². The number of hydrogen-bond acceptors (Lipinski definition) is 3. The zero-order valence-corrected chi connectivity index (χ0v) is 12.9. The van der Waals surface area contributed by atoms with E-state index in [0.717, 1.165) is 0 Å². The molecule has 0 bridgehead atoms. The summed E-state index contributed by atoms with van der Waals surface area (Å²) < 4.78 is 4.98. The number of carbonyl (C=O) groups is 2. The van der Waals surface area contributed by atoms with Gasteiger partial charge in [0, 0.05) is 11.8 Å². The standard InChI is InChI=1S/C9H9Cl2NO2.C2H2Cl2O/c1-14-8-4-6(2-3-7(8)11)12-9(13)5-10;3-1-2(4)5/h2-4H,5H2,1H3,(H,12,13);1H2. The molecule has 0 heterocycles. The molecule has 0 saturated heterocycles. The van der Waals surface area contributed by atoms with Crippen molar-refractivity contribution < 1.29 is 14.3 Å². The Labute approximate surface area is 130 Å². The van der Waals surface area contributed by atoms with Gasteiger partial charge in [-0.25, -0.2) is 0 Å². The number of amides is 1. The van der Waals surface area contributed by atoms with Gasteiger partial charge >= 0.3 is 0 Å². The van der Waals surface area contributed by atoms with Crippen molar-refractivity contribution in [2.45, 2.75) is 0 Å². The molecule has 4 nitrogen and oxygen atoms in total. The van der Waals surface area contributed by atoms with E-state index in [1.165, 1.54) is 7.11 Å². The first-order chi connectivity index (χ1) is 8.94. The van der Waals surface area contributed by atoms with E-state index in [-0.39, 0.29) is 17.7 Å². The first-order valence-corrected chi connectivity index (χ1v) is 6.70. The first-order valence-electron chi connectivity index (χ1n) is 4.88. The Bertz CT molecular complexity index is 440. The second-order valence-electron chi connectivity index (χ2n) is 3.02. The summed E-state index contributed by atoms with van der Waals surface area (Å²) in [7, 11) is 1.51. The largest absolute Gasteiger partial charge is 0.495 e. The SMILES string of the molecule is COc1cc(NC(=O)CCl)ccc1Cl.O=C(Cl)CCl. The van der Waals surface area contributed by atoms with Crippen LogP contribution >= 0.6 is 46.4 Å². The molecule has 1 rings (SSSR count). The van der Waals surface area contributed by atoms with E-state index in [1.807, 2.05) is 0 Å². The second-order valence-corrected chi connectivity index (χ2v) is 4.38. The van der Waals surface area contributed by atoms with Gasteiger partial charge in [0.05, 0.1) is 18.0 Å². The Morgan fingerprint density at radius 1 is 1.26 bits per heavy atom. The fraction of sp³-hybridized carbons (Fsp3) is 0.273. The van der Waals surface area contributed by atoms with Crippen molar-refractivity contribution in [3.63, 3.8) is 0 Å². The van der Waals surface area contributed by atoms with Crippen LogP contribution in [-0.4, -0.2) is 30.0 Å². The molecule has 1 aromatic rings. The Morgan fingerprint density at radius 3 is 2.26 bits per heavy atom. The number of methoxy groups -OCH3 is 1. The highest BCUT2D eigenvalue weighted by Gasteiger charge is 2.04. The molecule has 0 atom stereocenters. The maximum atomic E-state index is 10.9. The Morgan fingerprint density at radius 2 is 1.84 bits per heavy atom. The summed E-state index contributed by atoms with van der Waals surface area (Å²) in [5.74, 6) is 0.0713. The molecule has 19 heavy (non-hydrogen) atoms. The van der Waals surface area contributed by atoms with Crippen molar-refractivity contribution in [2.24, 2.45) is 0 Å². The molecule has 1 aromatic carbocycles. The quantitative estimate of drug-likeness (QED) is 0.670. The van der Waals surface area contributed by atoms with Gasteiger partial charge in [0.1, 0.15) is 11.6 Å². The van der Waals surface area contributed by atoms with Crippen molar-refractivity contribution in [2.75, 3.05) is 24.2 Å². The van der Waals surface area contributed by atoms with Crippen molar-refractivity contribution >= 4 is 63.2 Å². The van der Waals surface area contributed by atoms with Crippen molar-refractivity contribution in [3.05, 3.63) is 23.2 Å². The number of carbonyl (C=O) groups excluding carboxylic acids is 2. The number of nitrogens with one attached hydrogen (secondary N) is 1. The fourth-order valence-electron chi connectivity index (χ4n) is 0.932. The molecule has 0 aliphatic rings. The van der Waals surface area contributed by atoms with Crippen LogP contribution < -0.4 is 10.1 Å². The summed E-state index contributed by atoms with van der Waals surface area (Å²) in [5, 5.41) is 2.57. The maximum absolute atomic E-state index is 10.9. The molecule has 1 amide bonds. The third-order valence-electron chi connectivity index (χ3n) is 1.66. The predicted octanol–water partition coefficient (Wildman–Crippen LogP) is 3.52. The van der Waals surface area contributed by atoms with Crippen molar-refractivity contribution in [3.8, 4) is 5.75 Å². The summed E-state index contributed by atoms with van der Waals surface area (Å²) in [6.45, 7) is 0. The van der Waals surface area contributed by atoms with E-state index in [9.17, 15) is 9.59 Å². The maximum Gasteiger partial charge on any atom is 0.239 e. The van der Waals surface area contributed by atoms with Crippen LogP contribution in [0.2, 0.25) is 5.02 Å². The topological polar surface area (TPSA) is 55.4 Å². The Kier molecular flexibility index (Phi) is 9.79. The summed E-state index contributed by atoms with van der Waals surface area (Å²) in [5.41, 5.74) is 0.608. The number of rotatable bonds is 4. The van der Waals surface area contributed by atoms with Gasteiger partial charge in [-0.1, -0.05) is 11.6 Å². The molecule has 8 heteroatoms. The lowest BCUT2D eigenvalue weighted by atomic mass is 10.3. The third kappa shape index (κ3) is 8.16. The molecule has 0 saturated carbocycles. The van der Waals surface area contributed by atoms with Crippen LogP contribution in [0.25, 0.3) is 0 Å². The van der Waals surface area contributed by atoms with Gasteiger partial charge in [0.25, 0.3) is 0 Å². The van der Waals surface area contributed by atoms with Gasteiger partial charge in [-0.2, -0.15) is 0 Å². The van der Waals surface area contributed by atoms with Crippen LogP contribution in [-0.2, 0) is 9.59 Å². The van der Waals surface area contributed by atoms with E-state index in [4.69, 9.17) is 51.1 Å². The van der Waals surface area contributed by atoms with Gasteiger partial charge in [0.2, 0.25) is 11.1 Å². The highest BCUT2D eigenvalue weighted by Crippen LogP contribution is 2.27. The lowest BCUT2D eigenvalue weighted by Crippen LogP contribution is -2.12. The minimum Gasteiger partial charge on any atom is -0.495 e. The summed E-state index contributed by atoms with van der Waals surface area (Å²) in [6.07, 6.45) is 0. The highest BCUT2D eigenvalue weighted by atomic mass is 35.5. The van der Waals surface area contributed by atoms with Crippen LogP contribution in [0.1, 0.15) is 0 Å². The number of benzene rings is 1.